The Labute approximate surface area is 101 Å². The molecule has 2 aromatic heterocycles. The van der Waals surface area contributed by atoms with E-state index >= 15 is 0 Å². The van der Waals surface area contributed by atoms with Crippen LogP contribution in [0.3, 0.4) is 0 Å². The van der Waals surface area contributed by atoms with Gasteiger partial charge in [-0.05, 0) is 29.0 Å². The molecule has 0 aliphatic carbocycles. The van der Waals surface area contributed by atoms with E-state index in [-0.39, 0.29) is 5.41 Å². The molecule has 0 radical (unpaired) electrons. The van der Waals surface area contributed by atoms with E-state index in [0.29, 0.717) is 0 Å². The third kappa shape index (κ3) is 1.82. The number of pyridine rings is 1. The van der Waals surface area contributed by atoms with Crippen molar-refractivity contribution in [1.29, 1.82) is 0 Å². The molecule has 0 saturated carbocycles. The van der Waals surface area contributed by atoms with Crippen molar-refractivity contribution in [3.8, 4) is 0 Å². The van der Waals surface area contributed by atoms with Crippen LogP contribution in [0.25, 0.3) is 11.0 Å². The molecule has 2 heterocycles. The predicted molar refractivity (Wildman–Crippen MR) is 69.2 cm³/mol. The number of hydrogen-bond acceptors (Lipinski definition) is 1. The highest BCUT2D eigenvalue weighted by atomic mass is 35.5. The number of aromatic amines is 1. The van der Waals surface area contributed by atoms with Crippen LogP contribution >= 0.6 is 11.6 Å². The van der Waals surface area contributed by atoms with E-state index in [4.69, 9.17) is 11.6 Å². The zero-order chi connectivity index (χ0) is 11.9. The van der Waals surface area contributed by atoms with Gasteiger partial charge in [-0.25, -0.2) is 4.98 Å². The maximum absolute atomic E-state index is 6.14. The quantitative estimate of drug-likeness (QED) is 0.794. The van der Waals surface area contributed by atoms with Gasteiger partial charge in [0.1, 0.15) is 10.8 Å². The molecular weight excluding hydrogens is 220 g/mol. The van der Waals surface area contributed by atoms with Crippen LogP contribution < -0.4 is 0 Å². The van der Waals surface area contributed by atoms with Gasteiger partial charge in [0.05, 0.1) is 0 Å². The highest BCUT2D eigenvalue weighted by Gasteiger charge is 2.17. The van der Waals surface area contributed by atoms with Gasteiger partial charge in [-0.1, -0.05) is 39.3 Å². The van der Waals surface area contributed by atoms with Gasteiger partial charge in [-0.2, -0.15) is 0 Å². The molecule has 86 valence electrons. The van der Waals surface area contributed by atoms with E-state index in [1.807, 2.05) is 6.20 Å². The Morgan fingerprint density at radius 3 is 2.62 bits per heavy atom. The summed E-state index contributed by atoms with van der Waals surface area (Å²) in [5.74, 6) is 0. The maximum Gasteiger partial charge on any atom is 0.138 e. The Morgan fingerprint density at radius 2 is 2.06 bits per heavy atom. The summed E-state index contributed by atoms with van der Waals surface area (Å²) in [7, 11) is 0. The Morgan fingerprint density at radius 1 is 1.38 bits per heavy atom. The smallest absolute Gasteiger partial charge is 0.138 e. The van der Waals surface area contributed by atoms with Crippen molar-refractivity contribution in [3.63, 3.8) is 0 Å². The van der Waals surface area contributed by atoms with E-state index in [0.717, 1.165) is 28.2 Å². The highest BCUT2D eigenvalue weighted by Crippen LogP contribution is 2.29. The lowest BCUT2D eigenvalue weighted by molar-refractivity contribution is 0.588. The van der Waals surface area contributed by atoms with Crippen LogP contribution in [0, 0.1) is 0 Å². The summed E-state index contributed by atoms with van der Waals surface area (Å²) >= 11 is 6.14. The molecule has 0 unspecified atom stereocenters. The molecule has 0 aliphatic heterocycles. The van der Waals surface area contributed by atoms with Gasteiger partial charge in [-0.3, -0.25) is 0 Å². The molecule has 0 bridgehead atoms. The lowest BCUT2D eigenvalue weighted by Crippen LogP contribution is -2.11. The molecule has 1 N–H and O–H groups in total. The summed E-state index contributed by atoms with van der Waals surface area (Å²) in [5.41, 5.74) is 3.41. The first-order chi connectivity index (χ1) is 7.43. The van der Waals surface area contributed by atoms with Crippen molar-refractivity contribution in [3.05, 3.63) is 28.5 Å². The highest BCUT2D eigenvalue weighted by molar-refractivity contribution is 6.31. The Bertz CT molecular complexity index is 520. The lowest BCUT2D eigenvalue weighted by Gasteiger charge is -2.18. The average Bonchev–Trinajstić information content (AvgIpc) is 2.50. The minimum Gasteiger partial charge on any atom is -0.330 e. The normalized spacial score (nSPS) is 12.3. The molecule has 0 amide bonds. The molecule has 3 heteroatoms. The van der Waals surface area contributed by atoms with Crippen LogP contribution in [0.4, 0.5) is 0 Å². The molecule has 0 fully saturated rings. The number of aryl methyl sites for hydroxylation is 1. The Hall–Kier alpha value is -1.02. The summed E-state index contributed by atoms with van der Waals surface area (Å²) in [6.07, 6.45) is 2.85. The second-order valence-corrected chi connectivity index (χ2v) is 5.52. The second kappa shape index (κ2) is 3.77. The number of rotatable bonds is 1. The number of halogens is 1. The summed E-state index contributed by atoms with van der Waals surface area (Å²) in [5, 5.41) is 1.87. The van der Waals surface area contributed by atoms with Crippen LogP contribution in [0.5, 0.6) is 0 Å². The first-order valence-corrected chi connectivity index (χ1v) is 5.98. The minimum atomic E-state index is 0.121. The van der Waals surface area contributed by atoms with Crippen LogP contribution in [-0.4, -0.2) is 9.97 Å². The number of H-pyrrole nitrogens is 1. The summed E-state index contributed by atoms with van der Waals surface area (Å²) in [6.45, 7) is 8.68. The van der Waals surface area contributed by atoms with E-state index in [1.54, 1.807) is 0 Å². The van der Waals surface area contributed by atoms with Crippen molar-refractivity contribution in [2.75, 3.05) is 0 Å². The molecule has 16 heavy (non-hydrogen) atoms. The monoisotopic (exact) mass is 236 g/mol. The van der Waals surface area contributed by atoms with Gasteiger partial charge < -0.3 is 4.98 Å². The second-order valence-electron chi connectivity index (χ2n) is 5.14. The van der Waals surface area contributed by atoms with Crippen molar-refractivity contribution in [2.45, 2.75) is 39.5 Å². The SMILES string of the molecule is CCc1c(Cl)[nH]c2ncc(C(C)(C)C)cc12. The Kier molecular flexibility index (Phi) is 2.70. The third-order valence-corrected chi connectivity index (χ3v) is 3.25. The summed E-state index contributed by atoms with van der Waals surface area (Å²) < 4.78 is 0. The largest absolute Gasteiger partial charge is 0.330 e. The fourth-order valence-corrected chi connectivity index (χ4v) is 2.17. The standard InChI is InChI=1S/C13H17ClN2/c1-5-9-10-6-8(13(2,3)4)7-15-12(10)16-11(9)14/h6-7H,5H2,1-4H3,(H,15,16). The number of fused-ring (bicyclic) bond motifs is 1. The van der Waals surface area contributed by atoms with Crippen LogP contribution in [0.15, 0.2) is 12.3 Å². The lowest BCUT2D eigenvalue weighted by atomic mass is 9.87. The topological polar surface area (TPSA) is 28.7 Å². The molecule has 0 spiro atoms. The number of nitrogens with one attached hydrogen (secondary N) is 1. The predicted octanol–water partition coefficient (Wildman–Crippen LogP) is 4.08. The van der Waals surface area contributed by atoms with Gasteiger partial charge in [0.15, 0.2) is 0 Å². The van der Waals surface area contributed by atoms with Crippen molar-refractivity contribution in [1.82, 2.24) is 9.97 Å². The molecule has 2 aromatic rings. The van der Waals surface area contributed by atoms with Gasteiger partial charge >= 0.3 is 0 Å². The van der Waals surface area contributed by atoms with Crippen LogP contribution in [0.1, 0.15) is 38.8 Å². The zero-order valence-electron chi connectivity index (χ0n) is 10.2. The van der Waals surface area contributed by atoms with Gasteiger partial charge in [0, 0.05) is 11.6 Å². The fourth-order valence-electron chi connectivity index (χ4n) is 1.85. The average molecular weight is 237 g/mol. The molecule has 0 saturated heterocycles. The van der Waals surface area contributed by atoms with E-state index in [2.05, 4.69) is 43.7 Å². The van der Waals surface area contributed by atoms with E-state index in [1.165, 1.54) is 5.56 Å². The molecular formula is C13H17ClN2. The molecule has 2 rings (SSSR count). The Balaban J connectivity index is 2.69. The summed E-state index contributed by atoms with van der Waals surface area (Å²) in [6, 6.07) is 2.20. The number of hydrogen-bond donors (Lipinski definition) is 1. The van der Waals surface area contributed by atoms with E-state index < -0.39 is 0 Å². The van der Waals surface area contributed by atoms with Crippen molar-refractivity contribution in [2.24, 2.45) is 0 Å². The van der Waals surface area contributed by atoms with Gasteiger partial charge in [0.25, 0.3) is 0 Å². The first kappa shape index (κ1) is 11.5. The molecule has 2 nitrogen and oxygen atoms in total. The van der Waals surface area contributed by atoms with Gasteiger partial charge in [-0.15, -0.1) is 0 Å². The molecule has 0 aliphatic rings. The fraction of sp³-hybridized carbons (Fsp3) is 0.462. The third-order valence-electron chi connectivity index (χ3n) is 2.93. The molecule has 0 aromatic carbocycles. The van der Waals surface area contributed by atoms with Crippen LogP contribution in [-0.2, 0) is 11.8 Å². The van der Waals surface area contributed by atoms with Crippen LogP contribution in [0.2, 0.25) is 5.15 Å². The maximum atomic E-state index is 6.14. The van der Waals surface area contributed by atoms with Crippen molar-refractivity contribution < 1.29 is 0 Å². The number of nitrogens with zero attached hydrogens (tertiary/aromatic N) is 1. The minimum absolute atomic E-state index is 0.121. The summed E-state index contributed by atoms with van der Waals surface area (Å²) in [4.78, 5) is 7.55. The molecule has 0 atom stereocenters. The van der Waals surface area contributed by atoms with Gasteiger partial charge in [0.2, 0.25) is 0 Å². The zero-order valence-corrected chi connectivity index (χ0v) is 10.9. The number of aromatic nitrogens is 2. The van der Waals surface area contributed by atoms with Crippen molar-refractivity contribution >= 4 is 22.6 Å². The van der Waals surface area contributed by atoms with E-state index in [9.17, 15) is 0 Å². The first-order valence-electron chi connectivity index (χ1n) is 5.60.